The van der Waals surface area contributed by atoms with E-state index in [-0.39, 0.29) is 11.9 Å². The molecule has 1 fully saturated rings. The summed E-state index contributed by atoms with van der Waals surface area (Å²) in [5.41, 5.74) is 1.35. The number of carbonyl (C=O) groups excluding carboxylic acids is 1. The van der Waals surface area contributed by atoms with Gasteiger partial charge in [-0.1, -0.05) is 37.3 Å². The Morgan fingerprint density at radius 2 is 2.05 bits per heavy atom. The van der Waals surface area contributed by atoms with E-state index >= 15 is 0 Å². The highest BCUT2D eigenvalue weighted by atomic mass is 16.2. The minimum atomic E-state index is -0.135. The average Bonchev–Trinajstić information content (AvgIpc) is 2.46. The summed E-state index contributed by atoms with van der Waals surface area (Å²) in [5.74, 6) is 0.708. The minimum absolute atomic E-state index is 0.0582. The SMILES string of the molecule is CNC(=O)[C@@H](C)NC1CC(C)CN(Cc2ccccc2)C1. The van der Waals surface area contributed by atoms with Crippen molar-refractivity contribution in [1.82, 2.24) is 15.5 Å². The Morgan fingerprint density at radius 3 is 2.71 bits per heavy atom. The van der Waals surface area contributed by atoms with Crippen molar-refractivity contribution in [3.05, 3.63) is 35.9 Å². The number of piperidine rings is 1. The molecule has 1 aromatic carbocycles. The highest BCUT2D eigenvalue weighted by molar-refractivity contribution is 5.80. The molecule has 4 nitrogen and oxygen atoms in total. The maximum Gasteiger partial charge on any atom is 0.236 e. The molecule has 0 bridgehead atoms. The Labute approximate surface area is 127 Å². The van der Waals surface area contributed by atoms with E-state index in [0.29, 0.717) is 12.0 Å². The van der Waals surface area contributed by atoms with Crippen molar-refractivity contribution < 1.29 is 4.79 Å². The molecule has 0 saturated carbocycles. The Morgan fingerprint density at radius 1 is 1.33 bits per heavy atom. The smallest absolute Gasteiger partial charge is 0.236 e. The lowest BCUT2D eigenvalue weighted by molar-refractivity contribution is -0.122. The zero-order valence-electron chi connectivity index (χ0n) is 13.3. The zero-order valence-corrected chi connectivity index (χ0v) is 13.3. The molecule has 2 rings (SSSR count). The molecule has 1 aliphatic heterocycles. The van der Waals surface area contributed by atoms with Gasteiger partial charge < -0.3 is 10.6 Å². The minimum Gasteiger partial charge on any atom is -0.358 e. The first-order valence-corrected chi connectivity index (χ1v) is 7.82. The fourth-order valence-corrected chi connectivity index (χ4v) is 3.20. The van der Waals surface area contributed by atoms with Gasteiger partial charge in [-0.25, -0.2) is 0 Å². The van der Waals surface area contributed by atoms with Gasteiger partial charge in [0, 0.05) is 32.7 Å². The van der Waals surface area contributed by atoms with Gasteiger partial charge in [0.15, 0.2) is 0 Å². The molecule has 2 unspecified atom stereocenters. The Kier molecular flexibility index (Phi) is 5.76. The maximum absolute atomic E-state index is 11.7. The highest BCUT2D eigenvalue weighted by Crippen LogP contribution is 2.19. The van der Waals surface area contributed by atoms with E-state index in [1.807, 2.05) is 6.92 Å². The van der Waals surface area contributed by atoms with E-state index in [9.17, 15) is 4.79 Å². The Hall–Kier alpha value is -1.39. The summed E-state index contributed by atoms with van der Waals surface area (Å²) in [5, 5.41) is 6.16. The van der Waals surface area contributed by atoms with Crippen molar-refractivity contribution in [2.24, 2.45) is 5.92 Å². The van der Waals surface area contributed by atoms with Crippen LogP contribution in [0, 0.1) is 5.92 Å². The van der Waals surface area contributed by atoms with Gasteiger partial charge in [-0.15, -0.1) is 0 Å². The number of likely N-dealkylation sites (tertiary alicyclic amines) is 1. The van der Waals surface area contributed by atoms with E-state index in [1.165, 1.54) is 5.56 Å². The molecule has 2 N–H and O–H groups in total. The van der Waals surface area contributed by atoms with Crippen LogP contribution < -0.4 is 10.6 Å². The molecule has 3 atom stereocenters. The summed E-state index contributed by atoms with van der Waals surface area (Å²) in [6.45, 7) is 7.33. The highest BCUT2D eigenvalue weighted by Gasteiger charge is 2.26. The summed E-state index contributed by atoms with van der Waals surface area (Å²) < 4.78 is 0. The summed E-state index contributed by atoms with van der Waals surface area (Å²) in [6, 6.07) is 10.8. The number of amides is 1. The van der Waals surface area contributed by atoms with Crippen molar-refractivity contribution in [3.63, 3.8) is 0 Å². The van der Waals surface area contributed by atoms with Gasteiger partial charge in [-0.2, -0.15) is 0 Å². The second kappa shape index (κ2) is 7.57. The number of carbonyl (C=O) groups is 1. The summed E-state index contributed by atoms with van der Waals surface area (Å²) in [7, 11) is 1.69. The first kappa shape index (κ1) is 16.0. The van der Waals surface area contributed by atoms with Crippen LogP contribution >= 0.6 is 0 Å². The van der Waals surface area contributed by atoms with E-state index < -0.39 is 0 Å². The fraction of sp³-hybridized carbons (Fsp3) is 0.588. The number of hydrogen-bond acceptors (Lipinski definition) is 3. The van der Waals surface area contributed by atoms with Crippen LogP contribution in [0.15, 0.2) is 30.3 Å². The van der Waals surface area contributed by atoms with Crippen molar-refractivity contribution in [2.75, 3.05) is 20.1 Å². The van der Waals surface area contributed by atoms with Gasteiger partial charge >= 0.3 is 0 Å². The zero-order chi connectivity index (χ0) is 15.2. The third-order valence-corrected chi connectivity index (χ3v) is 4.11. The van der Waals surface area contributed by atoms with Gasteiger partial charge in [0.2, 0.25) is 5.91 Å². The molecule has 21 heavy (non-hydrogen) atoms. The van der Waals surface area contributed by atoms with Crippen molar-refractivity contribution in [3.8, 4) is 0 Å². The topological polar surface area (TPSA) is 44.4 Å². The lowest BCUT2D eigenvalue weighted by Gasteiger charge is -2.38. The molecule has 1 amide bonds. The van der Waals surface area contributed by atoms with Crippen molar-refractivity contribution in [1.29, 1.82) is 0 Å². The molecular weight excluding hydrogens is 262 g/mol. The standard InChI is InChI=1S/C17H27N3O/c1-13-9-16(19-14(2)17(21)18-3)12-20(10-13)11-15-7-5-4-6-8-15/h4-8,13-14,16,19H,9-12H2,1-3H3,(H,18,21)/t13?,14-,16?/m1/s1. The molecule has 116 valence electrons. The largest absolute Gasteiger partial charge is 0.358 e. The van der Waals surface area contributed by atoms with Crippen LogP contribution in [0.5, 0.6) is 0 Å². The molecule has 0 aliphatic carbocycles. The van der Waals surface area contributed by atoms with Gasteiger partial charge in [0.05, 0.1) is 6.04 Å². The number of nitrogens with one attached hydrogen (secondary N) is 2. The second-order valence-corrected chi connectivity index (χ2v) is 6.22. The van der Waals surface area contributed by atoms with E-state index in [2.05, 4.69) is 52.8 Å². The molecular formula is C17H27N3O. The van der Waals surface area contributed by atoms with Crippen LogP contribution in [0.25, 0.3) is 0 Å². The lowest BCUT2D eigenvalue weighted by atomic mass is 9.95. The third kappa shape index (κ3) is 4.83. The predicted molar refractivity (Wildman–Crippen MR) is 86.0 cm³/mol. The van der Waals surface area contributed by atoms with E-state index in [4.69, 9.17) is 0 Å². The maximum atomic E-state index is 11.7. The van der Waals surface area contributed by atoms with Crippen molar-refractivity contribution >= 4 is 5.91 Å². The summed E-state index contributed by atoms with van der Waals surface area (Å²) in [4.78, 5) is 14.1. The van der Waals surface area contributed by atoms with Crippen LogP contribution in [0.1, 0.15) is 25.8 Å². The molecule has 0 spiro atoms. The number of nitrogens with zero attached hydrogens (tertiary/aromatic N) is 1. The van der Waals surface area contributed by atoms with E-state index in [1.54, 1.807) is 7.05 Å². The van der Waals surface area contributed by atoms with Gasteiger partial charge in [0.25, 0.3) is 0 Å². The van der Waals surface area contributed by atoms with Gasteiger partial charge in [-0.05, 0) is 24.8 Å². The normalized spacial score (nSPS) is 24.5. The number of likely N-dealkylation sites (N-methyl/N-ethyl adjacent to an activating group) is 1. The Balaban J connectivity index is 1.91. The third-order valence-electron chi connectivity index (χ3n) is 4.11. The molecule has 0 aromatic heterocycles. The Bertz CT molecular complexity index is 449. The molecule has 0 radical (unpaired) electrons. The van der Waals surface area contributed by atoms with Gasteiger partial charge in [0.1, 0.15) is 0 Å². The van der Waals surface area contributed by atoms with Crippen molar-refractivity contribution in [2.45, 2.75) is 38.9 Å². The summed E-state index contributed by atoms with van der Waals surface area (Å²) in [6.07, 6.45) is 1.13. The number of rotatable bonds is 5. The van der Waals surface area contributed by atoms with E-state index in [0.717, 1.165) is 26.1 Å². The van der Waals surface area contributed by atoms with Crippen LogP contribution in [0.4, 0.5) is 0 Å². The molecule has 1 aliphatic rings. The fourth-order valence-electron chi connectivity index (χ4n) is 3.20. The van der Waals surface area contributed by atoms with Crippen LogP contribution in [-0.2, 0) is 11.3 Å². The molecule has 1 heterocycles. The molecule has 1 aromatic rings. The summed E-state index contributed by atoms with van der Waals surface area (Å²) >= 11 is 0. The van der Waals surface area contributed by atoms with Crippen LogP contribution in [0.3, 0.4) is 0 Å². The number of hydrogen-bond donors (Lipinski definition) is 2. The lowest BCUT2D eigenvalue weighted by Crippen LogP contribution is -2.53. The molecule has 1 saturated heterocycles. The van der Waals surface area contributed by atoms with Crippen LogP contribution in [-0.4, -0.2) is 43.0 Å². The predicted octanol–water partition coefficient (Wildman–Crippen LogP) is 1.62. The van der Waals surface area contributed by atoms with Crippen LogP contribution in [0.2, 0.25) is 0 Å². The first-order chi connectivity index (χ1) is 10.1. The average molecular weight is 289 g/mol. The quantitative estimate of drug-likeness (QED) is 0.866. The molecule has 4 heteroatoms. The first-order valence-electron chi connectivity index (χ1n) is 7.82. The number of benzene rings is 1. The van der Waals surface area contributed by atoms with Gasteiger partial charge in [-0.3, -0.25) is 9.69 Å². The second-order valence-electron chi connectivity index (χ2n) is 6.22. The monoisotopic (exact) mass is 289 g/mol.